The molecule has 1 saturated carbocycles. The number of carbonyl (C=O) groups is 2. The molecule has 36 heavy (non-hydrogen) atoms. The molecule has 192 valence electrons. The fourth-order valence-electron chi connectivity index (χ4n) is 4.62. The number of hydrogen-bond acceptors (Lipinski definition) is 7. The fraction of sp³-hybridized carbons (Fsp3) is 0.500. The molecule has 1 aliphatic rings. The Bertz CT molecular complexity index is 1190. The van der Waals surface area contributed by atoms with Gasteiger partial charge in [-0.15, -0.1) is 10.2 Å². The maximum atomic E-state index is 13.9. The Morgan fingerprint density at radius 1 is 1.14 bits per heavy atom. The van der Waals surface area contributed by atoms with Gasteiger partial charge in [-0.05, 0) is 75.6 Å². The van der Waals surface area contributed by atoms with Crippen molar-refractivity contribution in [3.63, 3.8) is 0 Å². The van der Waals surface area contributed by atoms with E-state index in [-0.39, 0.29) is 30.2 Å². The fourth-order valence-corrected chi connectivity index (χ4v) is 4.62. The Balaban J connectivity index is 1.67. The van der Waals surface area contributed by atoms with Crippen molar-refractivity contribution in [2.45, 2.75) is 84.0 Å². The van der Waals surface area contributed by atoms with Gasteiger partial charge in [0.1, 0.15) is 24.1 Å². The minimum absolute atomic E-state index is 0.0942. The minimum atomic E-state index is -0.865. The number of tetrazole rings is 1. The highest BCUT2D eigenvalue weighted by Gasteiger charge is 2.38. The zero-order valence-electron chi connectivity index (χ0n) is 21.3. The molecule has 10 heteroatoms. The predicted octanol–water partition coefficient (Wildman–Crippen LogP) is 3.76. The quantitative estimate of drug-likeness (QED) is 0.512. The van der Waals surface area contributed by atoms with Crippen molar-refractivity contribution in [3.05, 3.63) is 47.7 Å². The van der Waals surface area contributed by atoms with E-state index in [1.54, 1.807) is 23.1 Å². The van der Waals surface area contributed by atoms with Gasteiger partial charge in [-0.2, -0.15) is 4.80 Å². The first-order valence-corrected chi connectivity index (χ1v) is 12.4. The molecule has 1 atom stereocenters. The summed E-state index contributed by atoms with van der Waals surface area (Å²) in [5.41, 5.74) is 0.142. The van der Waals surface area contributed by atoms with Crippen LogP contribution in [0.25, 0.3) is 11.6 Å². The van der Waals surface area contributed by atoms with E-state index in [0.29, 0.717) is 17.1 Å². The number of aryl methyl sites for hydroxylation is 1. The van der Waals surface area contributed by atoms with Crippen molar-refractivity contribution in [1.29, 1.82) is 0 Å². The number of nitrogens with one attached hydrogen (secondary N) is 1. The SMILES string of the molecule is Cc1ccc(-c2nnn(CC(=O)N(C3CCCCC3)C(C(=O)NC(C)(C)C)c3ccc(O)cc3)n2)o1. The van der Waals surface area contributed by atoms with Crippen LogP contribution in [-0.4, -0.2) is 53.6 Å². The third-order valence-corrected chi connectivity index (χ3v) is 6.18. The maximum absolute atomic E-state index is 13.9. The molecule has 0 saturated heterocycles. The number of amides is 2. The van der Waals surface area contributed by atoms with E-state index >= 15 is 0 Å². The Morgan fingerprint density at radius 3 is 2.44 bits per heavy atom. The van der Waals surface area contributed by atoms with Crippen LogP contribution in [0.1, 0.15) is 70.2 Å². The molecule has 4 rings (SSSR count). The van der Waals surface area contributed by atoms with Gasteiger partial charge in [0.2, 0.25) is 17.6 Å². The van der Waals surface area contributed by atoms with E-state index in [2.05, 4.69) is 20.7 Å². The van der Waals surface area contributed by atoms with Crippen LogP contribution in [0.3, 0.4) is 0 Å². The summed E-state index contributed by atoms with van der Waals surface area (Å²) >= 11 is 0. The maximum Gasteiger partial charge on any atom is 0.247 e. The van der Waals surface area contributed by atoms with Crippen LogP contribution in [0.4, 0.5) is 0 Å². The molecule has 1 aliphatic carbocycles. The second-order valence-corrected chi connectivity index (χ2v) is 10.4. The zero-order chi connectivity index (χ0) is 25.9. The molecule has 2 heterocycles. The Morgan fingerprint density at radius 2 is 1.83 bits per heavy atom. The van der Waals surface area contributed by atoms with Gasteiger partial charge < -0.3 is 19.7 Å². The average molecular weight is 495 g/mol. The third-order valence-electron chi connectivity index (χ3n) is 6.18. The van der Waals surface area contributed by atoms with Gasteiger partial charge in [-0.3, -0.25) is 9.59 Å². The van der Waals surface area contributed by atoms with E-state index in [1.165, 1.54) is 16.9 Å². The molecule has 1 unspecified atom stereocenters. The predicted molar refractivity (Wildman–Crippen MR) is 133 cm³/mol. The number of aromatic hydroxyl groups is 1. The summed E-state index contributed by atoms with van der Waals surface area (Å²) < 4.78 is 5.57. The molecule has 2 aromatic heterocycles. The number of benzene rings is 1. The smallest absolute Gasteiger partial charge is 0.247 e. The summed E-state index contributed by atoms with van der Waals surface area (Å²) in [5.74, 6) is 1.04. The highest BCUT2D eigenvalue weighted by molar-refractivity contribution is 5.89. The zero-order valence-corrected chi connectivity index (χ0v) is 21.3. The highest BCUT2D eigenvalue weighted by Crippen LogP contribution is 2.32. The van der Waals surface area contributed by atoms with Gasteiger partial charge in [-0.1, -0.05) is 31.4 Å². The van der Waals surface area contributed by atoms with Crippen molar-refractivity contribution >= 4 is 11.8 Å². The molecule has 0 radical (unpaired) electrons. The second kappa shape index (κ2) is 10.5. The molecule has 3 aromatic rings. The first kappa shape index (κ1) is 25.4. The first-order chi connectivity index (χ1) is 17.1. The van der Waals surface area contributed by atoms with Crippen LogP contribution >= 0.6 is 0 Å². The molecule has 10 nitrogen and oxygen atoms in total. The third kappa shape index (κ3) is 6.10. The van der Waals surface area contributed by atoms with Crippen molar-refractivity contribution in [2.24, 2.45) is 0 Å². The lowest BCUT2D eigenvalue weighted by molar-refractivity contribution is -0.146. The van der Waals surface area contributed by atoms with Crippen molar-refractivity contribution in [1.82, 2.24) is 30.4 Å². The average Bonchev–Trinajstić information content (AvgIpc) is 3.46. The number of hydrogen-bond donors (Lipinski definition) is 2. The number of nitrogens with zero attached hydrogens (tertiary/aromatic N) is 5. The Labute approximate surface area is 210 Å². The van der Waals surface area contributed by atoms with Crippen LogP contribution < -0.4 is 5.32 Å². The van der Waals surface area contributed by atoms with Crippen LogP contribution in [0.5, 0.6) is 5.75 Å². The van der Waals surface area contributed by atoms with Crippen LogP contribution in [0, 0.1) is 6.92 Å². The number of phenolic OH excluding ortho intramolecular Hbond substituents is 1. The van der Waals surface area contributed by atoms with Gasteiger partial charge in [0.05, 0.1) is 0 Å². The van der Waals surface area contributed by atoms with E-state index in [1.807, 2.05) is 33.8 Å². The van der Waals surface area contributed by atoms with Crippen LogP contribution in [-0.2, 0) is 16.1 Å². The minimum Gasteiger partial charge on any atom is -0.508 e. The molecule has 1 aromatic carbocycles. The molecule has 2 N–H and O–H groups in total. The lowest BCUT2D eigenvalue weighted by atomic mass is 9.91. The monoisotopic (exact) mass is 494 g/mol. The molecule has 0 bridgehead atoms. The topological polar surface area (TPSA) is 126 Å². The molecule has 0 spiro atoms. The van der Waals surface area contributed by atoms with E-state index in [0.717, 1.165) is 37.9 Å². The summed E-state index contributed by atoms with van der Waals surface area (Å²) in [6.07, 6.45) is 4.70. The van der Waals surface area contributed by atoms with E-state index < -0.39 is 11.6 Å². The summed E-state index contributed by atoms with van der Waals surface area (Å²) in [5, 5.41) is 25.3. The Hall–Kier alpha value is -3.69. The molecular formula is C26H34N6O4. The highest BCUT2D eigenvalue weighted by atomic mass is 16.3. The summed E-state index contributed by atoms with van der Waals surface area (Å²) in [7, 11) is 0. The van der Waals surface area contributed by atoms with Gasteiger partial charge in [0.15, 0.2) is 5.76 Å². The standard InChI is InChI=1S/C26H34N6O4/c1-17-10-15-21(36-17)24-28-30-31(29-24)16-22(34)32(19-8-6-5-7-9-19)23(25(35)27-26(2,3)4)18-11-13-20(33)14-12-18/h10-15,19,23,33H,5-9,16H2,1-4H3,(H,27,35). The molecule has 1 fully saturated rings. The van der Waals surface area contributed by atoms with Gasteiger partial charge in [0, 0.05) is 11.6 Å². The summed E-state index contributed by atoms with van der Waals surface area (Å²) in [6.45, 7) is 7.38. The van der Waals surface area contributed by atoms with E-state index in [9.17, 15) is 14.7 Å². The normalized spacial score (nSPS) is 15.4. The lowest BCUT2D eigenvalue weighted by Crippen LogP contribution is -2.53. The van der Waals surface area contributed by atoms with E-state index in [4.69, 9.17) is 4.42 Å². The van der Waals surface area contributed by atoms with Gasteiger partial charge >= 0.3 is 0 Å². The summed E-state index contributed by atoms with van der Waals surface area (Å²) in [6, 6.07) is 9.04. The number of phenols is 1. The Kier molecular flexibility index (Phi) is 7.42. The van der Waals surface area contributed by atoms with Crippen molar-refractivity contribution in [2.75, 3.05) is 0 Å². The molecule has 0 aliphatic heterocycles. The van der Waals surface area contributed by atoms with Gasteiger partial charge in [0.25, 0.3) is 0 Å². The summed E-state index contributed by atoms with van der Waals surface area (Å²) in [4.78, 5) is 30.4. The number of rotatable bonds is 7. The molecular weight excluding hydrogens is 460 g/mol. The largest absolute Gasteiger partial charge is 0.508 e. The first-order valence-electron chi connectivity index (χ1n) is 12.4. The number of furan rings is 1. The van der Waals surface area contributed by atoms with Crippen LogP contribution in [0.15, 0.2) is 40.8 Å². The number of aromatic nitrogens is 4. The molecule has 2 amide bonds. The van der Waals surface area contributed by atoms with Crippen LogP contribution in [0.2, 0.25) is 0 Å². The van der Waals surface area contributed by atoms with Crippen molar-refractivity contribution < 1.29 is 19.1 Å². The number of carbonyl (C=O) groups excluding carboxylic acids is 2. The second-order valence-electron chi connectivity index (χ2n) is 10.4. The van der Waals surface area contributed by atoms with Crippen molar-refractivity contribution in [3.8, 4) is 17.3 Å². The van der Waals surface area contributed by atoms with Gasteiger partial charge in [-0.25, -0.2) is 0 Å². The lowest BCUT2D eigenvalue weighted by Gasteiger charge is -2.40.